The molecule has 0 unspecified atom stereocenters. The third-order valence-corrected chi connectivity index (χ3v) is 6.37. The average molecular weight is 459 g/mol. The number of amides is 2. The van der Waals surface area contributed by atoms with Crippen molar-refractivity contribution < 1.29 is 14.3 Å². The lowest BCUT2D eigenvalue weighted by atomic mass is 10.0. The van der Waals surface area contributed by atoms with Crippen molar-refractivity contribution >= 4 is 34.4 Å². The second-order valence-corrected chi connectivity index (χ2v) is 8.56. The predicted octanol–water partition coefficient (Wildman–Crippen LogP) is 4.40. The molecule has 1 aromatic carbocycles. The van der Waals surface area contributed by atoms with Crippen LogP contribution < -0.4 is 5.32 Å². The highest BCUT2D eigenvalue weighted by atomic mass is 32.1. The smallest absolute Gasteiger partial charge is 0.410 e. The van der Waals surface area contributed by atoms with Crippen LogP contribution in [0.5, 0.6) is 0 Å². The molecule has 4 rings (SSSR count). The Hall–Kier alpha value is -3.96. The van der Waals surface area contributed by atoms with E-state index in [1.165, 1.54) is 17.4 Å². The van der Waals surface area contributed by atoms with Crippen LogP contribution >= 0.6 is 11.3 Å². The third kappa shape index (κ3) is 5.64. The fourth-order valence-electron chi connectivity index (χ4n) is 3.56. The van der Waals surface area contributed by atoms with Gasteiger partial charge >= 0.3 is 6.09 Å². The number of nitriles is 1. The Morgan fingerprint density at radius 1 is 1.24 bits per heavy atom. The first kappa shape index (κ1) is 22.2. The molecule has 2 amide bonds. The van der Waals surface area contributed by atoms with Gasteiger partial charge in [-0.25, -0.2) is 4.79 Å². The maximum absolute atomic E-state index is 12.5. The maximum atomic E-state index is 12.5. The van der Waals surface area contributed by atoms with Gasteiger partial charge in [0.1, 0.15) is 11.1 Å². The van der Waals surface area contributed by atoms with Crippen LogP contribution in [0.15, 0.2) is 60.9 Å². The normalized spacial score (nSPS) is 12.8. The summed E-state index contributed by atoms with van der Waals surface area (Å²) < 4.78 is 5.45. The number of nitrogens with zero attached hydrogens (tertiary/aromatic N) is 3. The summed E-state index contributed by atoms with van der Waals surface area (Å²) in [5, 5.41) is 13.0. The lowest BCUT2D eigenvalue weighted by Gasteiger charge is -2.26. The number of anilines is 1. The Morgan fingerprint density at radius 3 is 2.85 bits per heavy atom. The first-order valence-electron chi connectivity index (χ1n) is 10.5. The van der Waals surface area contributed by atoms with E-state index in [0.717, 1.165) is 21.6 Å². The standard InChI is InChI=1S/C25H22N4O3S/c26-15-21-20-10-13-29(25(31)32-14-11-18-5-2-1-3-6-18)17-22(20)33-24(21)28-23(30)9-8-19-7-4-12-27-16-19/h1-9,12,16H,10-11,13-14,17H2,(H,28,30)/b9-8+. The molecule has 0 radical (unpaired) electrons. The summed E-state index contributed by atoms with van der Waals surface area (Å²) in [6.45, 7) is 1.14. The summed E-state index contributed by atoms with van der Waals surface area (Å²) >= 11 is 1.33. The Kier molecular flexibility index (Phi) is 7.12. The highest BCUT2D eigenvalue weighted by molar-refractivity contribution is 7.16. The van der Waals surface area contributed by atoms with Crippen LogP contribution in [0.1, 0.15) is 27.1 Å². The van der Waals surface area contributed by atoms with Crippen LogP contribution in [-0.4, -0.2) is 35.0 Å². The molecule has 0 fully saturated rings. The molecule has 3 aromatic rings. The summed E-state index contributed by atoms with van der Waals surface area (Å²) in [4.78, 5) is 31.4. The van der Waals surface area contributed by atoms with Crippen molar-refractivity contribution in [3.8, 4) is 6.07 Å². The summed E-state index contributed by atoms with van der Waals surface area (Å²) in [6, 6.07) is 15.7. The number of thiophene rings is 1. The lowest BCUT2D eigenvalue weighted by Crippen LogP contribution is -2.36. The van der Waals surface area contributed by atoms with Crippen molar-refractivity contribution in [2.45, 2.75) is 19.4 Å². The molecule has 0 saturated heterocycles. The summed E-state index contributed by atoms with van der Waals surface area (Å²) in [6.07, 6.45) is 7.23. The molecule has 2 aromatic heterocycles. The van der Waals surface area contributed by atoms with E-state index in [1.807, 2.05) is 36.4 Å². The molecular formula is C25H22N4O3S. The number of benzene rings is 1. The molecule has 0 atom stereocenters. The Labute approximate surface area is 195 Å². The summed E-state index contributed by atoms with van der Waals surface area (Å²) in [7, 11) is 0. The number of hydrogen-bond acceptors (Lipinski definition) is 6. The minimum Gasteiger partial charge on any atom is -0.449 e. The van der Waals surface area contributed by atoms with Gasteiger partial charge in [-0.2, -0.15) is 5.26 Å². The maximum Gasteiger partial charge on any atom is 0.410 e. The topological polar surface area (TPSA) is 95.3 Å². The van der Waals surface area contributed by atoms with E-state index in [2.05, 4.69) is 16.4 Å². The molecule has 0 spiro atoms. The SMILES string of the molecule is N#Cc1c(NC(=O)/C=C/c2cccnc2)sc2c1CCN(C(=O)OCCc1ccccc1)C2. The van der Waals surface area contributed by atoms with Gasteiger partial charge in [0, 0.05) is 36.3 Å². The van der Waals surface area contributed by atoms with Gasteiger partial charge in [-0.3, -0.25) is 9.78 Å². The molecule has 0 bridgehead atoms. The zero-order valence-corrected chi connectivity index (χ0v) is 18.7. The van der Waals surface area contributed by atoms with Gasteiger partial charge in [0.2, 0.25) is 5.91 Å². The minimum atomic E-state index is -0.367. The molecule has 1 N–H and O–H groups in total. The van der Waals surface area contributed by atoms with E-state index in [4.69, 9.17) is 4.74 Å². The fraction of sp³-hybridized carbons (Fsp3) is 0.200. The molecule has 33 heavy (non-hydrogen) atoms. The van der Waals surface area contributed by atoms with Crippen molar-refractivity contribution in [2.24, 2.45) is 0 Å². The van der Waals surface area contributed by atoms with Crippen molar-refractivity contribution in [2.75, 3.05) is 18.5 Å². The fourth-order valence-corrected chi connectivity index (χ4v) is 4.77. The predicted molar refractivity (Wildman–Crippen MR) is 127 cm³/mol. The van der Waals surface area contributed by atoms with E-state index in [-0.39, 0.29) is 12.0 Å². The number of aromatic nitrogens is 1. The Morgan fingerprint density at radius 2 is 2.09 bits per heavy atom. The van der Waals surface area contributed by atoms with Gasteiger partial charge in [-0.1, -0.05) is 36.4 Å². The van der Waals surface area contributed by atoms with E-state index in [0.29, 0.717) is 43.1 Å². The second kappa shape index (κ2) is 10.6. The molecule has 1 aliphatic rings. The highest BCUT2D eigenvalue weighted by Crippen LogP contribution is 2.36. The molecule has 0 saturated carbocycles. The van der Waals surface area contributed by atoms with E-state index in [9.17, 15) is 14.9 Å². The molecule has 166 valence electrons. The largest absolute Gasteiger partial charge is 0.449 e. The number of carbonyl (C=O) groups excluding carboxylic acids is 2. The Balaban J connectivity index is 1.37. The van der Waals surface area contributed by atoms with Crippen molar-refractivity contribution in [3.63, 3.8) is 0 Å². The van der Waals surface area contributed by atoms with Crippen LogP contribution in [0.4, 0.5) is 9.80 Å². The summed E-state index contributed by atoms with van der Waals surface area (Å²) in [5.41, 5.74) is 3.28. The van der Waals surface area contributed by atoms with Gasteiger partial charge in [0.25, 0.3) is 0 Å². The number of hydrogen-bond donors (Lipinski definition) is 1. The molecule has 1 aliphatic heterocycles. The van der Waals surface area contributed by atoms with Gasteiger partial charge < -0.3 is 15.0 Å². The van der Waals surface area contributed by atoms with Crippen LogP contribution in [0.2, 0.25) is 0 Å². The zero-order valence-electron chi connectivity index (χ0n) is 17.9. The lowest BCUT2D eigenvalue weighted by molar-refractivity contribution is -0.111. The first-order valence-corrected chi connectivity index (χ1v) is 11.3. The highest BCUT2D eigenvalue weighted by Gasteiger charge is 2.28. The molecule has 3 heterocycles. The van der Waals surface area contributed by atoms with Gasteiger partial charge in [-0.15, -0.1) is 11.3 Å². The van der Waals surface area contributed by atoms with Crippen LogP contribution in [0.25, 0.3) is 6.08 Å². The van der Waals surface area contributed by atoms with E-state index >= 15 is 0 Å². The van der Waals surface area contributed by atoms with Gasteiger partial charge in [0.15, 0.2) is 0 Å². The first-order chi connectivity index (χ1) is 16.1. The van der Waals surface area contributed by atoms with Crippen LogP contribution in [-0.2, 0) is 28.9 Å². The number of carbonyl (C=O) groups is 2. The number of rotatable bonds is 6. The number of ether oxygens (including phenoxy) is 1. The molecule has 0 aliphatic carbocycles. The quantitative estimate of drug-likeness (QED) is 0.552. The molecular weight excluding hydrogens is 436 g/mol. The van der Waals surface area contributed by atoms with Crippen LogP contribution in [0.3, 0.4) is 0 Å². The number of nitrogens with one attached hydrogen (secondary N) is 1. The van der Waals surface area contributed by atoms with Crippen LogP contribution in [0, 0.1) is 11.3 Å². The molecule has 7 nitrogen and oxygen atoms in total. The molecule has 8 heteroatoms. The van der Waals surface area contributed by atoms with Gasteiger partial charge in [-0.05, 0) is 35.3 Å². The number of fused-ring (bicyclic) bond motifs is 1. The average Bonchev–Trinajstić information content (AvgIpc) is 3.20. The van der Waals surface area contributed by atoms with Crippen molar-refractivity contribution in [1.29, 1.82) is 5.26 Å². The van der Waals surface area contributed by atoms with E-state index < -0.39 is 0 Å². The second-order valence-electron chi connectivity index (χ2n) is 7.45. The number of pyridine rings is 1. The monoisotopic (exact) mass is 458 g/mol. The summed E-state index contributed by atoms with van der Waals surface area (Å²) in [5.74, 6) is -0.328. The van der Waals surface area contributed by atoms with Crippen molar-refractivity contribution in [3.05, 3.63) is 88.1 Å². The third-order valence-electron chi connectivity index (χ3n) is 5.23. The van der Waals surface area contributed by atoms with Gasteiger partial charge in [0.05, 0.1) is 18.7 Å². The van der Waals surface area contributed by atoms with E-state index in [1.54, 1.807) is 29.4 Å². The van der Waals surface area contributed by atoms with Crippen molar-refractivity contribution in [1.82, 2.24) is 9.88 Å². The Bertz CT molecular complexity index is 1200. The minimum absolute atomic E-state index is 0.310. The zero-order chi connectivity index (χ0) is 23.0.